The zero-order valence-corrected chi connectivity index (χ0v) is 23.8. The molecule has 0 aliphatic rings. The third kappa shape index (κ3) is 7.63. The lowest BCUT2D eigenvalue weighted by molar-refractivity contribution is -0.384. The van der Waals surface area contributed by atoms with E-state index in [-0.39, 0.29) is 29.3 Å². The number of azo groups is 1. The zero-order chi connectivity index (χ0) is 30.2. The van der Waals surface area contributed by atoms with Gasteiger partial charge in [-0.3, -0.25) is 19.7 Å². The van der Waals surface area contributed by atoms with E-state index in [4.69, 9.17) is 0 Å². The molecule has 0 unspecified atom stereocenters. The first kappa shape index (κ1) is 29.6. The number of non-ortho nitro benzene ring substituents is 1. The molecule has 4 rings (SSSR count). The van der Waals surface area contributed by atoms with Gasteiger partial charge in [-0.1, -0.05) is 27.7 Å². The second kappa shape index (κ2) is 13.3. The van der Waals surface area contributed by atoms with Gasteiger partial charge in [0, 0.05) is 52.4 Å². The highest BCUT2D eigenvalue weighted by atomic mass is 16.6. The van der Waals surface area contributed by atoms with Crippen molar-refractivity contribution in [1.82, 2.24) is 0 Å². The molecule has 0 saturated carbocycles. The Morgan fingerprint density at radius 3 is 1.29 bits per heavy atom. The molecule has 42 heavy (non-hydrogen) atoms. The molecule has 0 aromatic heterocycles. The quantitative estimate of drug-likeness (QED) is 0.113. The van der Waals surface area contributed by atoms with Crippen LogP contribution in [-0.4, -0.2) is 16.7 Å². The Hall–Kier alpha value is -5.38. The van der Waals surface area contributed by atoms with Crippen molar-refractivity contribution < 1.29 is 14.5 Å². The minimum absolute atomic E-state index is 0.0101. The van der Waals surface area contributed by atoms with E-state index >= 15 is 0 Å². The van der Waals surface area contributed by atoms with Gasteiger partial charge in [0.15, 0.2) is 0 Å². The number of hydrogen-bond donors (Lipinski definition) is 2. The molecule has 214 valence electrons. The third-order valence-corrected chi connectivity index (χ3v) is 6.28. The smallest absolute Gasteiger partial charge is 0.269 e. The molecular formula is C32H32N6O4. The fraction of sp³-hybridized carbons (Fsp3) is 0.188. The summed E-state index contributed by atoms with van der Waals surface area (Å²) >= 11 is 0. The van der Waals surface area contributed by atoms with Gasteiger partial charge in [-0.15, -0.1) is 0 Å². The predicted molar refractivity (Wildman–Crippen MR) is 165 cm³/mol. The van der Waals surface area contributed by atoms with Gasteiger partial charge in [-0.2, -0.15) is 10.2 Å². The molecule has 0 heterocycles. The van der Waals surface area contributed by atoms with Crippen molar-refractivity contribution in [2.45, 2.75) is 27.7 Å². The van der Waals surface area contributed by atoms with Crippen LogP contribution in [0.4, 0.5) is 45.5 Å². The number of anilines is 5. The molecule has 10 heteroatoms. The Morgan fingerprint density at radius 2 is 0.952 bits per heavy atom. The number of carbonyl (C=O) groups excluding carboxylic acids is 2. The summed E-state index contributed by atoms with van der Waals surface area (Å²) < 4.78 is 0. The van der Waals surface area contributed by atoms with Crippen LogP contribution in [0.3, 0.4) is 0 Å². The summed E-state index contributed by atoms with van der Waals surface area (Å²) in [6.45, 7) is 7.36. The van der Waals surface area contributed by atoms with Crippen LogP contribution in [0.1, 0.15) is 27.7 Å². The number of nitro benzene ring substituents is 1. The Kier molecular flexibility index (Phi) is 9.39. The Morgan fingerprint density at radius 1 is 0.619 bits per heavy atom. The van der Waals surface area contributed by atoms with Crippen LogP contribution in [0.15, 0.2) is 107 Å². The molecule has 0 saturated heterocycles. The van der Waals surface area contributed by atoms with E-state index in [1.807, 2.05) is 105 Å². The third-order valence-electron chi connectivity index (χ3n) is 6.28. The Labute approximate surface area is 244 Å². The average Bonchev–Trinajstić information content (AvgIpc) is 2.98. The van der Waals surface area contributed by atoms with Crippen molar-refractivity contribution in [3.8, 4) is 0 Å². The van der Waals surface area contributed by atoms with Gasteiger partial charge in [0.1, 0.15) is 0 Å². The maximum atomic E-state index is 12.1. The predicted octanol–water partition coefficient (Wildman–Crippen LogP) is 8.67. The number of nitrogens with zero attached hydrogens (tertiary/aromatic N) is 4. The van der Waals surface area contributed by atoms with Crippen LogP contribution in [0.5, 0.6) is 0 Å². The van der Waals surface area contributed by atoms with E-state index in [0.29, 0.717) is 22.7 Å². The summed E-state index contributed by atoms with van der Waals surface area (Å²) in [4.78, 5) is 36.7. The van der Waals surface area contributed by atoms with Gasteiger partial charge in [0.25, 0.3) is 5.69 Å². The number of amides is 2. The highest BCUT2D eigenvalue weighted by molar-refractivity contribution is 5.93. The molecule has 0 fully saturated rings. The molecule has 0 aliphatic carbocycles. The molecule has 0 spiro atoms. The minimum atomic E-state index is -0.462. The van der Waals surface area contributed by atoms with Gasteiger partial charge in [0.05, 0.1) is 16.3 Å². The number of carbonyl (C=O) groups is 2. The fourth-order valence-electron chi connectivity index (χ4n) is 3.83. The van der Waals surface area contributed by atoms with Crippen LogP contribution in [0, 0.1) is 22.0 Å². The second-order valence-corrected chi connectivity index (χ2v) is 10.2. The molecule has 2 amide bonds. The standard InChI is InChI=1S/C32H32N6O4/c1-21(2)31(39)33-23-5-13-27(14-6-23)37(28-15-7-24(8-16-28)34-32(40)22(3)4)29-17-9-25(10-18-29)35-36-26-11-19-30(20-12-26)38(41)42/h5-22H,1-4H3,(H,33,39)(H,34,40). The molecule has 4 aromatic rings. The SMILES string of the molecule is CC(C)C(=O)Nc1ccc(N(c2ccc(N=Nc3ccc([N+](=O)[O-])cc3)cc2)c2ccc(NC(=O)C(C)C)cc2)cc1. The van der Waals surface area contributed by atoms with Gasteiger partial charge >= 0.3 is 0 Å². The van der Waals surface area contributed by atoms with E-state index in [9.17, 15) is 19.7 Å². The molecule has 2 N–H and O–H groups in total. The first-order valence-corrected chi connectivity index (χ1v) is 13.5. The van der Waals surface area contributed by atoms with Crippen LogP contribution in [0.2, 0.25) is 0 Å². The molecule has 0 aliphatic heterocycles. The summed E-state index contributed by atoms with van der Waals surface area (Å²) in [6, 6.07) is 28.4. The normalized spacial score (nSPS) is 11.1. The molecule has 10 nitrogen and oxygen atoms in total. The van der Waals surface area contributed by atoms with Gasteiger partial charge in [-0.05, 0) is 84.9 Å². The van der Waals surface area contributed by atoms with Crippen molar-refractivity contribution in [2.75, 3.05) is 15.5 Å². The molecule has 0 atom stereocenters. The zero-order valence-electron chi connectivity index (χ0n) is 23.8. The van der Waals surface area contributed by atoms with E-state index in [1.165, 1.54) is 24.3 Å². The maximum Gasteiger partial charge on any atom is 0.269 e. The monoisotopic (exact) mass is 564 g/mol. The van der Waals surface area contributed by atoms with Crippen LogP contribution >= 0.6 is 0 Å². The van der Waals surface area contributed by atoms with Gasteiger partial charge in [0.2, 0.25) is 11.8 Å². The van der Waals surface area contributed by atoms with E-state index in [1.54, 1.807) is 0 Å². The van der Waals surface area contributed by atoms with Crippen LogP contribution in [0.25, 0.3) is 0 Å². The summed E-state index contributed by atoms with van der Waals surface area (Å²) in [5.41, 5.74) is 5.06. The highest BCUT2D eigenvalue weighted by Crippen LogP contribution is 2.36. The fourth-order valence-corrected chi connectivity index (χ4v) is 3.83. The second-order valence-electron chi connectivity index (χ2n) is 10.2. The number of rotatable bonds is 10. The largest absolute Gasteiger partial charge is 0.326 e. The molecule has 0 radical (unpaired) electrons. The van der Waals surface area contributed by atoms with Crippen molar-refractivity contribution in [3.05, 3.63) is 107 Å². The summed E-state index contributed by atoms with van der Waals surface area (Å²) in [5, 5.41) is 25.1. The number of hydrogen-bond acceptors (Lipinski definition) is 7. The first-order chi connectivity index (χ1) is 20.1. The van der Waals surface area contributed by atoms with Crippen molar-refractivity contribution in [3.63, 3.8) is 0 Å². The van der Waals surface area contributed by atoms with Crippen molar-refractivity contribution in [2.24, 2.45) is 22.1 Å². The highest BCUT2D eigenvalue weighted by Gasteiger charge is 2.15. The lowest BCUT2D eigenvalue weighted by Crippen LogP contribution is -2.18. The Bertz CT molecular complexity index is 1500. The van der Waals surface area contributed by atoms with Crippen molar-refractivity contribution >= 4 is 57.3 Å². The first-order valence-electron chi connectivity index (χ1n) is 13.5. The summed E-state index contributed by atoms with van der Waals surface area (Å²) in [6.07, 6.45) is 0. The molecule has 4 aromatic carbocycles. The summed E-state index contributed by atoms with van der Waals surface area (Å²) in [5.74, 6) is -0.381. The van der Waals surface area contributed by atoms with Crippen molar-refractivity contribution in [1.29, 1.82) is 0 Å². The lowest BCUT2D eigenvalue weighted by atomic mass is 10.1. The van der Waals surface area contributed by atoms with E-state index in [2.05, 4.69) is 20.9 Å². The molecule has 0 bridgehead atoms. The van der Waals surface area contributed by atoms with Gasteiger partial charge < -0.3 is 15.5 Å². The average molecular weight is 565 g/mol. The van der Waals surface area contributed by atoms with E-state index < -0.39 is 4.92 Å². The number of benzene rings is 4. The number of nitrogens with one attached hydrogen (secondary N) is 2. The van der Waals surface area contributed by atoms with E-state index in [0.717, 1.165) is 17.1 Å². The Balaban J connectivity index is 1.61. The number of nitro groups is 1. The van der Waals surface area contributed by atoms with Crippen LogP contribution in [-0.2, 0) is 9.59 Å². The van der Waals surface area contributed by atoms with Crippen LogP contribution < -0.4 is 15.5 Å². The maximum absolute atomic E-state index is 12.1. The lowest BCUT2D eigenvalue weighted by Gasteiger charge is -2.26. The minimum Gasteiger partial charge on any atom is -0.326 e. The molecular weight excluding hydrogens is 532 g/mol. The summed E-state index contributed by atoms with van der Waals surface area (Å²) in [7, 11) is 0. The topological polar surface area (TPSA) is 129 Å². The van der Waals surface area contributed by atoms with Gasteiger partial charge in [-0.25, -0.2) is 0 Å².